The molecule has 0 radical (unpaired) electrons. The Kier molecular flexibility index (Phi) is 4.44. The van der Waals surface area contributed by atoms with E-state index in [4.69, 9.17) is 14.3 Å². The van der Waals surface area contributed by atoms with Crippen LogP contribution in [-0.4, -0.2) is 41.8 Å². The van der Waals surface area contributed by atoms with E-state index in [2.05, 4.69) is 0 Å². The molecule has 2 aliphatic heterocycles. The average molecular weight is 353 g/mol. The lowest BCUT2D eigenvalue weighted by atomic mass is 10.0. The molecule has 0 spiro atoms. The van der Waals surface area contributed by atoms with Gasteiger partial charge in [-0.25, -0.2) is 9.86 Å². The number of nitrogens with zero attached hydrogens (tertiary/aromatic N) is 1. The second-order valence-corrected chi connectivity index (χ2v) is 6.37. The summed E-state index contributed by atoms with van der Waals surface area (Å²) in [7, 11) is 0. The van der Waals surface area contributed by atoms with Crippen molar-refractivity contribution in [2.45, 2.75) is 31.3 Å². The van der Waals surface area contributed by atoms with Gasteiger partial charge in [0.1, 0.15) is 12.7 Å². The monoisotopic (exact) mass is 353 g/mol. The maximum absolute atomic E-state index is 12.7. The normalized spacial score (nSPS) is 22.7. The van der Waals surface area contributed by atoms with Gasteiger partial charge in [0.2, 0.25) is 0 Å². The van der Waals surface area contributed by atoms with Crippen LogP contribution in [0.25, 0.3) is 0 Å². The summed E-state index contributed by atoms with van der Waals surface area (Å²) in [6.45, 7) is 1.87. The molecule has 2 aromatic carbocycles. The molecule has 2 saturated heterocycles. The smallest absolute Gasteiger partial charge is 0.332 e. The fourth-order valence-corrected chi connectivity index (χ4v) is 3.03. The highest BCUT2D eigenvalue weighted by Crippen LogP contribution is 2.31. The zero-order valence-electron chi connectivity index (χ0n) is 14.3. The number of ether oxygens (including phenoxy) is 2. The second-order valence-electron chi connectivity index (χ2n) is 6.37. The number of esters is 1. The topological polar surface area (TPSA) is 68.4 Å². The Balaban J connectivity index is 1.53. The maximum atomic E-state index is 12.7. The van der Waals surface area contributed by atoms with Crippen molar-refractivity contribution in [3.05, 3.63) is 71.8 Å². The first-order chi connectivity index (χ1) is 12.6. The third-order valence-electron chi connectivity index (χ3n) is 4.55. The van der Waals surface area contributed by atoms with Gasteiger partial charge in [0, 0.05) is 0 Å². The lowest BCUT2D eigenvalue weighted by Gasteiger charge is -2.29. The predicted molar refractivity (Wildman–Crippen MR) is 91.7 cm³/mol. The number of fused-ring (bicyclic) bond motifs is 1. The van der Waals surface area contributed by atoms with Crippen LogP contribution in [0.15, 0.2) is 60.7 Å². The lowest BCUT2D eigenvalue weighted by Crippen LogP contribution is -2.49. The number of carbonyl (C=O) groups is 2. The molecule has 0 unspecified atom stereocenters. The Morgan fingerprint density at radius 2 is 1.65 bits per heavy atom. The predicted octanol–water partition coefficient (Wildman–Crippen LogP) is 2.25. The van der Waals surface area contributed by atoms with Crippen LogP contribution in [0.2, 0.25) is 0 Å². The number of hydroxylamine groups is 2. The third-order valence-corrected chi connectivity index (χ3v) is 4.55. The molecular formula is C20H19NO5. The molecule has 6 nitrogen and oxygen atoms in total. The Labute approximate surface area is 151 Å². The molecule has 1 amide bonds. The lowest BCUT2D eigenvalue weighted by molar-refractivity contribution is -0.213. The van der Waals surface area contributed by atoms with Crippen LogP contribution in [-0.2, 0) is 23.9 Å². The van der Waals surface area contributed by atoms with Gasteiger partial charge in [-0.3, -0.25) is 9.63 Å². The minimum Gasteiger partial charge on any atom is -0.451 e. The van der Waals surface area contributed by atoms with E-state index >= 15 is 0 Å². The Morgan fingerprint density at radius 1 is 1.08 bits per heavy atom. The van der Waals surface area contributed by atoms with Crippen LogP contribution in [0.4, 0.5) is 0 Å². The standard InChI is InChI=1S/C20H19NO5/c1-13(21-19(22)18-16(25-18)12-24-21)20(23)26-17(14-8-4-2-5-9-14)15-10-6-3-7-11-15/h2-11,13,16-18H,12H2,1H3/t13-,16-,18-/m1/s1. The van der Waals surface area contributed by atoms with Crippen LogP contribution in [0.5, 0.6) is 0 Å². The Hall–Kier alpha value is -2.70. The summed E-state index contributed by atoms with van der Waals surface area (Å²) >= 11 is 0. The maximum Gasteiger partial charge on any atom is 0.332 e. The van der Waals surface area contributed by atoms with Crippen LogP contribution in [0.3, 0.4) is 0 Å². The number of hydrogen-bond donors (Lipinski definition) is 0. The molecule has 2 aliphatic rings. The van der Waals surface area contributed by atoms with Crippen molar-refractivity contribution in [2.24, 2.45) is 0 Å². The van der Waals surface area contributed by atoms with Crippen molar-refractivity contribution >= 4 is 11.9 Å². The van der Waals surface area contributed by atoms with Gasteiger partial charge in [-0.15, -0.1) is 0 Å². The number of carbonyl (C=O) groups excluding carboxylic acids is 2. The molecule has 2 heterocycles. The van der Waals surface area contributed by atoms with Crippen molar-refractivity contribution < 1.29 is 23.9 Å². The third kappa shape index (κ3) is 3.21. The number of amides is 1. The highest BCUT2D eigenvalue weighted by molar-refractivity contribution is 5.88. The minimum absolute atomic E-state index is 0.177. The Bertz CT molecular complexity index is 755. The van der Waals surface area contributed by atoms with E-state index in [-0.39, 0.29) is 18.6 Å². The van der Waals surface area contributed by atoms with Crippen LogP contribution in [0.1, 0.15) is 24.2 Å². The molecule has 0 aromatic heterocycles. The van der Waals surface area contributed by atoms with E-state index < -0.39 is 24.2 Å². The molecule has 0 bridgehead atoms. The van der Waals surface area contributed by atoms with Gasteiger partial charge in [0.05, 0.1) is 0 Å². The van der Waals surface area contributed by atoms with E-state index in [1.54, 1.807) is 6.92 Å². The number of benzene rings is 2. The molecule has 0 N–H and O–H groups in total. The van der Waals surface area contributed by atoms with Gasteiger partial charge < -0.3 is 9.47 Å². The zero-order chi connectivity index (χ0) is 18.1. The fourth-order valence-electron chi connectivity index (χ4n) is 3.03. The summed E-state index contributed by atoms with van der Waals surface area (Å²) in [5, 5.41) is 1.07. The van der Waals surface area contributed by atoms with E-state index in [9.17, 15) is 9.59 Å². The number of rotatable bonds is 5. The zero-order valence-corrected chi connectivity index (χ0v) is 14.3. The molecule has 134 valence electrons. The van der Waals surface area contributed by atoms with Gasteiger partial charge >= 0.3 is 5.97 Å². The van der Waals surface area contributed by atoms with Gasteiger partial charge in [-0.2, -0.15) is 0 Å². The number of hydrogen-bond acceptors (Lipinski definition) is 5. The molecule has 0 saturated carbocycles. The van der Waals surface area contributed by atoms with E-state index in [1.807, 2.05) is 60.7 Å². The van der Waals surface area contributed by atoms with Crippen molar-refractivity contribution in [2.75, 3.05) is 6.61 Å². The first kappa shape index (κ1) is 16.8. The van der Waals surface area contributed by atoms with Crippen LogP contribution in [0, 0.1) is 0 Å². The van der Waals surface area contributed by atoms with Gasteiger partial charge in [-0.1, -0.05) is 60.7 Å². The summed E-state index contributed by atoms with van der Waals surface area (Å²) in [4.78, 5) is 30.3. The van der Waals surface area contributed by atoms with E-state index in [0.717, 1.165) is 16.2 Å². The van der Waals surface area contributed by atoms with Crippen molar-refractivity contribution in [1.82, 2.24) is 5.06 Å². The molecule has 2 aromatic rings. The quantitative estimate of drug-likeness (QED) is 0.609. The van der Waals surface area contributed by atoms with E-state index in [1.165, 1.54) is 0 Å². The molecule has 26 heavy (non-hydrogen) atoms. The first-order valence-electron chi connectivity index (χ1n) is 8.57. The average Bonchev–Trinajstić information content (AvgIpc) is 3.48. The van der Waals surface area contributed by atoms with Gasteiger partial charge in [0.25, 0.3) is 5.91 Å². The van der Waals surface area contributed by atoms with Crippen LogP contribution >= 0.6 is 0 Å². The second kappa shape index (κ2) is 6.90. The molecule has 0 aliphatic carbocycles. The molecule has 2 fully saturated rings. The van der Waals surface area contributed by atoms with Gasteiger partial charge in [0.15, 0.2) is 18.2 Å². The van der Waals surface area contributed by atoms with Crippen LogP contribution < -0.4 is 0 Å². The minimum atomic E-state index is -0.859. The molecule has 3 atom stereocenters. The highest BCUT2D eigenvalue weighted by atomic mass is 16.7. The molecule has 4 rings (SSSR count). The SMILES string of the molecule is C[C@H](C(=O)OC(c1ccccc1)c1ccccc1)N1OC[C@H]2O[C@H]2C1=O. The van der Waals surface area contributed by atoms with Crippen molar-refractivity contribution in [1.29, 1.82) is 0 Å². The Morgan fingerprint density at radius 3 is 2.23 bits per heavy atom. The largest absolute Gasteiger partial charge is 0.451 e. The summed E-state index contributed by atoms with van der Waals surface area (Å²) in [5.41, 5.74) is 1.71. The highest BCUT2D eigenvalue weighted by Gasteiger charge is 2.53. The first-order valence-corrected chi connectivity index (χ1v) is 8.57. The summed E-state index contributed by atoms with van der Waals surface area (Å²) in [6.07, 6.45) is -1.22. The van der Waals surface area contributed by atoms with Gasteiger partial charge in [-0.05, 0) is 18.1 Å². The molecular weight excluding hydrogens is 334 g/mol. The van der Waals surface area contributed by atoms with Crippen molar-refractivity contribution in [3.63, 3.8) is 0 Å². The van der Waals surface area contributed by atoms with E-state index in [0.29, 0.717) is 0 Å². The molecule has 6 heteroatoms. The fraction of sp³-hybridized carbons (Fsp3) is 0.300. The number of epoxide rings is 1. The van der Waals surface area contributed by atoms with Crippen molar-refractivity contribution in [3.8, 4) is 0 Å². The summed E-state index contributed by atoms with van der Waals surface area (Å²) < 4.78 is 11.0. The summed E-state index contributed by atoms with van der Waals surface area (Å²) in [5.74, 6) is -0.864. The summed E-state index contributed by atoms with van der Waals surface area (Å²) in [6, 6.07) is 18.1.